The first kappa shape index (κ1) is 31.0. The second-order valence-corrected chi connectivity index (χ2v) is 8.24. The van der Waals surface area contributed by atoms with Crippen molar-refractivity contribution in [3.05, 3.63) is 35.9 Å². The Bertz CT molecular complexity index is 1040. The van der Waals surface area contributed by atoms with Gasteiger partial charge in [-0.2, -0.15) is 0 Å². The number of rotatable bonds is 11. The van der Waals surface area contributed by atoms with Crippen LogP contribution in [0.3, 0.4) is 0 Å². The summed E-state index contributed by atoms with van der Waals surface area (Å²) in [7, 11) is 0. The predicted molar refractivity (Wildman–Crippen MR) is 127 cm³/mol. The topological polar surface area (TPSA) is 179 Å². The van der Waals surface area contributed by atoms with Crippen LogP contribution in [-0.4, -0.2) is 79.3 Å². The summed E-state index contributed by atoms with van der Waals surface area (Å²) in [4.78, 5) is 73.1. The Kier molecular flexibility index (Phi) is 11.7. The molecule has 0 spiro atoms. The number of alkyl carbamates (subject to hydrolysis) is 1. The molecule has 0 radical (unpaired) electrons. The lowest BCUT2D eigenvalue weighted by molar-refractivity contribution is -0.203. The average Bonchev–Trinajstić information content (AvgIpc) is 3.15. The summed E-state index contributed by atoms with van der Waals surface area (Å²) in [5, 5.41) is 2.29. The number of nitrogens with one attached hydrogen (secondary N) is 1. The standard InChI is InChI=1S/C25H31NO13/c1-6-33-23(31)18(26-25(32)34-12-17-10-8-7-9-11-17)19(35-13(2)27)20-21(36-14(3)28)22(37-15(4)29)24(39-20)38-16(5)30/h7-11,18-22,24H,6,12H2,1-5H3,(H,26,32)/t18-,19-,20-,21-,22-,24+/m1/s1. The zero-order valence-corrected chi connectivity index (χ0v) is 22.1. The highest BCUT2D eigenvalue weighted by Gasteiger charge is 2.57. The van der Waals surface area contributed by atoms with E-state index in [4.69, 9.17) is 33.2 Å². The van der Waals surface area contributed by atoms with Crippen molar-refractivity contribution in [1.29, 1.82) is 0 Å². The summed E-state index contributed by atoms with van der Waals surface area (Å²) in [6, 6.07) is 6.91. The zero-order chi connectivity index (χ0) is 29.1. The van der Waals surface area contributed by atoms with Crippen LogP contribution in [0.5, 0.6) is 0 Å². The molecule has 1 aromatic carbocycles. The largest absolute Gasteiger partial charge is 0.464 e. The van der Waals surface area contributed by atoms with Gasteiger partial charge in [-0.25, -0.2) is 9.59 Å². The molecule has 0 bridgehead atoms. The molecule has 1 aliphatic heterocycles. The molecule has 14 nitrogen and oxygen atoms in total. The van der Waals surface area contributed by atoms with E-state index in [-0.39, 0.29) is 13.2 Å². The molecular formula is C25H31NO13. The predicted octanol–water partition coefficient (Wildman–Crippen LogP) is 0.928. The second-order valence-electron chi connectivity index (χ2n) is 8.24. The molecule has 0 unspecified atom stereocenters. The Balaban J connectivity index is 2.45. The normalized spacial score (nSPS) is 21.5. The van der Waals surface area contributed by atoms with Crippen LogP contribution in [0, 0.1) is 0 Å². The van der Waals surface area contributed by atoms with Crippen LogP contribution in [0.4, 0.5) is 4.79 Å². The minimum atomic E-state index is -1.76. The number of amides is 1. The first-order valence-electron chi connectivity index (χ1n) is 11.9. The monoisotopic (exact) mass is 553 g/mol. The molecule has 1 N–H and O–H groups in total. The molecule has 214 valence electrons. The lowest BCUT2D eigenvalue weighted by Gasteiger charge is -2.32. The van der Waals surface area contributed by atoms with Gasteiger partial charge in [-0.1, -0.05) is 30.3 Å². The van der Waals surface area contributed by atoms with Crippen molar-refractivity contribution < 1.29 is 61.9 Å². The van der Waals surface area contributed by atoms with Crippen LogP contribution >= 0.6 is 0 Å². The number of esters is 5. The zero-order valence-electron chi connectivity index (χ0n) is 22.1. The van der Waals surface area contributed by atoms with Gasteiger partial charge in [-0.15, -0.1) is 0 Å². The summed E-state index contributed by atoms with van der Waals surface area (Å²) in [5.74, 6) is -4.51. The maximum atomic E-state index is 13.0. The van der Waals surface area contributed by atoms with Crippen LogP contribution in [0.15, 0.2) is 30.3 Å². The number of carbonyl (C=O) groups is 6. The van der Waals surface area contributed by atoms with Crippen molar-refractivity contribution in [3.63, 3.8) is 0 Å². The first-order valence-corrected chi connectivity index (χ1v) is 11.9. The van der Waals surface area contributed by atoms with Gasteiger partial charge in [0.1, 0.15) is 12.7 Å². The maximum absolute atomic E-state index is 13.0. The van der Waals surface area contributed by atoms with Gasteiger partial charge in [0.05, 0.1) is 6.61 Å². The molecule has 39 heavy (non-hydrogen) atoms. The number of carbonyl (C=O) groups excluding carboxylic acids is 6. The molecule has 2 rings (SSSR count). The molecule has 1 saturated heterocycles. The Morgan fingerprint density at radius 2 is 1.41 bits per heavy atom. The number of hydrogen-bond donors (Lipinski definition) is 1. The van der Waals surface area contributed by atoms with Gasteiger partial charge in [-0.3, -0.25) is 19.2 Å². The van der Waals surface area contributed by atoms with E-state index in [0.717, 1.165) is 27.7 Å². The molecule has 1 amide bonds. The van der Waals surface area contributed by atoms with Crippen molar-refractivity contribution in [2.45, 2.75) is 78.0 Å². The van der Waals surface area contributed by atoms with Crippen LogP contribution in [-0.2, 0) is 63.7 Å². The van der Waals surface area contributed by atoms with Gasteiger partial charge in [-0.05, 0) is 12.5 Å². The van der Waals surface area contributed by atoms with Crippen molar-refractivity contribution in [2.75, 3.05) is 6.61 Å². The van der Waals surface area contributed by atoms with Crippen molar-refractivity contribution >= 4 is 35.9 Å². The fourth-order valence-electron chi connectivity index (χ4n) is 3.73. The van der Waals surface area contributed by atoms with Gasteiger partial charge < -0.3 is 38.5 Å². The SMILES string of the molecule is CCOC(=O)[C@H](NC(=O)OCc1ccccc1)[C@@H](OC(C)=O)[C@H]1O[C@H](OC(C)=O)[C@H](OC(C)=O)[C@@H]1OC(C)=O. The Labute approximate surface area is 224 Å². The molecule has 0 aromatic heterocycles. The van der Waals surface area contributed by atoms with E-state index >= 15 is 0 Å². The number of ether oxygens (including phenoxy) is 7. The Morgan fingerprint density at radius 3 is 1.95 bits per heavy atom. The van der Waals surface area contributed by atoms with Gasteiger partial charge in [0, 0.05) is 27.7 Å². The van der Waals surface area contributed by atoms with E-state index < -0.39 is 72.7 Å². The fraction of sp³-hybridized carbons (Fsp3) is 0.520. The van der Waals surface area contributed by atoms with E-state index in [1.54, 1.807) is 30.3 Å². The molecule has 1 aromatic rings. The highest BCUT2D eigenvalue weighted by Crippen LogP contribution is 2.32. The van der Waals surface area contributed by atoms with Gasteiger partial charge in [0.2, 0.25) is 12.4 Å². The lowest BCUT2D eigenvalue weighted by Crippen LogP contribution is -2.58. The molecule has 1 heterocycles. The third-order valence-corrected chi connectivity index (χ3v) is 5.07. The summed E-state index contributed by atoms with van der Waals surface area (Å²) in [5.41, 5.74) is 0.652. The first-order chi connectivity index (χ1) is 18.4. The average molecular weight is 554 g/mol. The van der Waals surface area contributed by atoms with Gasteiger partial charge >= 0.3 is 35.9 Å². The molecule has 0 aliphatic carbocycles. The summed E-state index contributed by atoms with van der Waals surface area (Å²) in [6.45, 7) is 5.41. The molecule has 6 atom stereocenters. The summed E-state index contributed by atoms with van der Waals surface area (Å²) in [6.07, 6.45) is -9.06. The summed E-state index contributed by atoms with van der Waals surface area (Å²) < 4.78 is 36.8. The van der Waals surface area contributed by atoms with Crippen molar-refractivity contribution in [1.82, 2.24) is 5.32 Å². The van der Waals surface area contributed by atoms with Crippen molar-refractivity contribution in [3.8, 4) is 0 Å². The quantitative estimate of drug-likeness (QED) is 0.302. The maximum Gasteiger partial charge on any atom is 0.408 e. The fourth-order valence-corrected chi connectivity index (χ4v) is 3.73. The second kappa shape index (κ2) is 14.7. The van der Waals surface area contributed by atoms with Crippen LogP contribution in [0.2, 0.25) is 0 Å². The van der Waals surface area contributed by atoms with Gasteiger partial charge in [0.25, 0.3) is 0 Å². The van der Waals surface area contributed by atoms with Crippen LogP contribution in [0.25, 0.3) is 0 Å². The molecular weight excluding hydrogens is 522 g/mol. The van der Waals surface area contributed by atoms with Crippen LogP contribution < -0.4 is 5.32 Å². The van der Waals surface area contributed by atoms with E-state index in [9.17, 15) is 28.8 Å². The van der Waals surface area contributed by atoms with E-state index in [1.807, 2.05) is 0 Å². The highest BCUT2D eigenvalue weighted by molar-refractivity contribution is 5.82. The Morgan fingerprint density at radius 1 is 0.821 bits per heavy atom. The minimum Gasteiger partial charge on any atom is -0.464 e. The van der Waals surface area contributed by atoms with Crippen molar-refractivity contribution in [2.24, 2.45) is 0 Å². The highest BCUT2D eigenvalue weighted by atomic mass is 16.8. The summed E-state index contributed by atoms with van der Waals surface area (Å²) >= 11 is 0. The smallest absolute Gasteiger partial charge is 0.408 e. The van der Waals surface area contributed by atoms with Crippen LogP contribution in [0.1, 0.15) is 40.2 Å². The molecule has 1 fully saturated rings. The molecule has 14 heteroatoms. The third-order valence-electron chi connectivity index (χ3n) is 5.07. The van der Waals surface area contributed by atoms with Gasteiger partial charge in [0.15, 0.2) is 18.2 Å². The van der Waals surface area contributed by atoms with E-state index in [2.05, 4.69) is 5.32 Å². The van der Waals surface area contributed by atoms with E-state index in [1.165, 1.54) is 6.92 Å². The number of benzene rings is 1. The third kappa shape index (κ3) is 9.56. The lowest BCUT2D eigenvalue weighted by atomic mass is 9.99. The molecule has 0 saturated carbocycles. The molecule has 1 aliphatic rings. The van der Waals surface area contributed by atoms with E-state index in [0.29, 0.717) is 5.56 Å². The Hall–Kier alpha value is -4.20. The number of hydrogen-bond acceptors (Lipinski definition) is 13. The minimum absolute atomic E-state index is 0.117.